The Morgan fingerprint density at radius 3 is 2.48 bits per heavy atom. The van der Waals surface area contributed by atoms with Crippen LogP contribution in [0.15, 0.2) is 47.8 Å². The van der Waals surface area contributed by atoms with E-state index in [9.17, 15) is 17.6 Å². The zero-order valence-corrected chi connectivity index (χ0v) is 12.2. The average molecular weight is 345 g/mol. The number of rotatable bonds is 2. The van der Waals surface area contributed by atoms with Gasteiger partial charge in [-0.05, 0) is 18.2 Å². The second-order valence-corrected chi connectivity index (χ2v) is 5.39. The van der Waals surface area contributed by atoms with E-state index < -0.39 is 24.1 Å². The van der Waals surface area contributed by atoms with E-state index in [1.54, 1.807) is 24.3 Å². The highest BCUT2D eigenvalue weighted by atomic mass is 35.5. The van der Waals surface area contributed by atoms with Crippen molar-refractivity contribution in [3.05, 3.63) is 64.7 Å². The quantitative estimate of drug-likeness (QED) is 0.595. The highest BCUT2D eigenvalue weighted by molar-refractivity contribution is 6.34. The number of alkyl halides is 3. The van der Waals surface area contributed by atoms with Crippen LogP contribution in [0.2, 0.25) is 5.02 Å². The third-order valence-electron chi connectivity index (χ3n) is 3.56. The normalized spacial score (nSPS) is 21.0. The highest BCUT2D eigenvalue weighted by Crippen LogP contribution is 2.48. The van der Waals surface area contributed by atoms with E-state index in [1.165, 1.54) is 0 Å². The van der Waals surface area contributed by atoms with Crippen molar-refractivity contribution >= 4 is 17.3 Å². The van der Waals surface area contributed by atoms with Crippen LogP contribution in [0.4, 0.5) is 17.6 Å². The number of aromatic nitrogens is 1. The van der Waals surface area contributed by atoms with E-state index in [4.69, 9.17) is 16.4 Å². The van der Waals surface area contributed by atoms with Gasteiger partial charge in [0.25, 0.3) is 5.60 Å². The summed E-state index contributed by atoms with van der Waals surface area (Å²) in [5, 5.41) is 3.84. The van der Waals surface area contributed by atoms with Gasteiger partial charge in [0.05, 0.1) is 12.1 Å². The van der Waals surface area contributed by atoms with Gasteiger partial charge in [-0.25, -0.2) is 4.98 Å². The molecule has 1 atom stereocenters. The molecule has 0 radical (unpaired) electrons. The number of nitrogens with zero attached hydrogens (tertiary/aromatic N) is 2. The van der Waals surface area contributed by atoms with Gasteiger partial charge in [-0.3, -0.25) is 0 Å². The van der Waals surface area contributed by atoms with Gasteiger partial charge in [0.1, 0.15) is 0 Å². The summed E-state index contributed by atoms with van der Waals surface area (Å²) in [4.78, 5) is 8.07. The molecule has 8 heteroatoms. The number of halogens is 5. The fourth-order valence-corrected chi connectivity index (χ4v) is 2.60. The summed E-state index contributed by atoms with van der Waals surface area (Å²) in [6.07, 6.45) is -4.54. The summed E-state index contributed by atoms with van der Waals surface area (Å²) in [5.41, 5.74) is -2.60. The summed E-state index contributed by atoms with van der Waals surface area (Å²) < 4.78 is 53.8. The maximum Gasteiger partial charge on any atom is 0.435 e. The molecule has 1 aromatic carbocycles. The van der Waals surface area contributed by atoms with Crippen LogP contribution in [0.25, 0.3) is 0 Å². The van der Waals surface area contributed by atoms with Gasteiger partial charge in [-0.2, -0.15) is 17.6 Å². The van der Waals surface area contributed by atoms with E-state index in [2.05, 4.69) is 10.1 Å². The summed E-state index contributed by atoms with van der Waals surface area (Å²) in [6.45, 7) is 0. The molecular formula is C15H9ClF4N2O. The van der Waals surface area contributed by atoms with Crippen molar-refractivity contribution < 1.29 is 22.4 Å². The smallest absolute Gasteiger partial charge is 0.374 e. The molecule has 120 valence electrons. The van der Waals surface area contributed by atoms with Crippen LogP contribution in [-0.2, 0) is 10.4 Å². The maximum atomic E-state index is 13.6. The Hall–Kier alpha value is -2.15. The topological polar surface area (TPSA) is 34.5 Å². The molecule has 0 saturated carbocycles. The molecule has 3 nitrogen and oxygen atoms in total. The fourth-order valence-electron chi connectivity index (χ4n) is 2.36. The number of pyridine rings is 1. The van der Waals surface area contributed by atoms with E-state index in [-0.39, 0.29) is 16.3 Å². The molecule has 1 aromatic heterocycles. The van der Waals surface area contributed by atoms with Crippen molar-refractivity contribution in [3.8, 4) is 0 Å². The lowest BCUT2D eigenvalue weighted by molar-refractivity contribution is -0.276. The van der Waals surface area contributed by atoms with Crippen molar-refractivity contribution in [2.75, 3.05) is 0 Å². The zero-order chi connectivity index (χ0) is 16.7. The second-order valence-electron chi connectivity index (χ2n) is 4.98. The Morgan fingerprint density at radius 1 is 1.13 bits per heavy atom. The van der Waals surface area contributed by atoms with Crippen molar-refractivity contribution in [1.82, 2.24) is 4.98 Å². The standard InChI is InChI=1S/C15H9ClF4N2O/c16-11-4-2-1-3-10(11)12-7-14(23-22-12,15(18,19)20)9-5-6-13(17)21-8-9/h1-6,8H,7H2. The Morgan fingerprint density at radius 2 is 1.87 bits per heavy atom. The van der Waals surface area contributed by atoms with Crippen molar-refractivity contribution in [3.63, 3.8) is 0 Å². The van der Waals surface area contributed by atoms with E-state index in [1.807, 2.05) is 0 Å². The van der Waals surface area contributed by atoms with Crippen molar-refractivity contribution in [2.24, 2.45) is 5.16 Å². The highest BCUT2D eigenvalue weighted by Gasteiger charge is 2.62. The third kappa shape index (κ3) is 2.65. The predicted octanol–water partition coefficient (Wildman–Crippen LogP) is 4.46. The molecule has 1 unspecified atom stereocenters. The second kappa shape index (κ2) is 5.49. The molecule has 0 spiro atoms. The van der Waals surface area contributed by atoms with Crippen LogP contribution >= 0.6 is 11.6 Å². The van der Waals surface area contributed by atoms with Gasteiger partial charge >= 0.3 is 6.18 Å². The first-order valence-corrected chi connectivity index (χ1v) is 6.90. The van der Waals surface area contributed by atoms with Gasteiger partial charge in [-0.1, -0.05) is 35.0 Å². The number of hydrogen-bond acceptors (Lipinski definition) is 3. The minimum absolute atomic E-state index is 0.0669. The molecule has 2 aromatic rings. The fraction of sp³-hybridized carbons (Fsp3) is 0.200. The molecule has 23 heavy (non-hydrogen) atoms. The predicted molar refractivity (Wildman–Crippen MR) is 75.6 cm³/mol. The Labute approximate surface area is 133 Å². The zero-order valence-electron chi connectivity index (χ0n) is 11.4. The van der Waals surface area contributed by atoms with Gasteiger partial charge in [0.15, 0.2) is 0 Å². The van der Waals surface area contributed by atoms with Crippen LogP contribution in [0.5, 0.6) is 0 Å². The third-order valence-corrected chi connectivity index (χ3v) is 3.89. The lowest BCUT2D eigenvalue weighted by Crippen LogP contribution is -2.42. The monoisotopic (exact) mass is 344 g/mol. The van der Waals surface area contributed by atoms with Gasteiger partial charge in [0.2, 0.25) is 5.95 Å². The van der Waals surface area contributed by atoms with Crippen molar-refractivity contribution in [1.29, 1.82) is 0 Å². The Bertz CT molecular complexity index is 761. The molecule has 0 aliphatic carbocycles. The molecule has 0 bridgehead atoms. The van der Waals surface area contributed by atoms with Crippen molar-refractivity contribution in [2.45, 2.75) is 18.2 Å². The molecule has 0 fully saturated rings. The Balaban J connectivity index is 2.02. The van der Waals surface area contributed by atoms with Gasteiger partial charge < -0.3 is 4.84 Å². The summed E-state index contributed by atoms with van der Waals surface area (Å²) in [6, 6.07) is 8.23. The van der Waals surface area contributed by atoms with Crippen LogP contribution in [0.1, 0.15) is 17.5 Å². The van der Waals surface area contributed by atoms with Gasteiger partial charge in [-0.15, -0.1) is 0 Å². The molecule has 0 saturated heterocycles. The van der Waals surface area contributed by atoms with Crippen LogP contribution in [0.3, 0.4) is 0 Å². The number of benzene rings is 1. The summed E-state index contributed by atoms with van der Waals surface area (Å²) in [5.74, 6) is -0.878. The van der Waals surface area contributed by atoms with E-state index in [0.29, 0.717) is 5.56 Å². The average Bonchev–Trinajstić information content (AvgIpc) is 2.94. The molecule has 0 amide bonds. The SMILES string of the molecule is Fc1ccc(C2(C(F)(F)F)CC(c3ccccc3Cl)=NO2)cn1. The van der Waals surface area contributed by atoms with Crippen LogP contribution < -0.4 is 0 Å². The minimum Gasteiger partial charge on any atom is -0.374 e. The van der Waals surface area contributed by atoms with Gasteiger partial charge in [0, 0.05) is 22.3 Å². The Kier molecular flexibility index (Phi) is 3.75. The first-order chi connectivity index (χ1) is 10.8. The molecular weight excluding hydrogens is 336 g/mol. The number of oxime groups is 1. The molecule has 0 N–H and O–H groups in total. The first-order valence-electron chi connectivity index (χ1n) is 6.52. The number of hydrogen-bond donors (Lipinski definition) is 0. The molecule has 2 heterocycles. The van der Waals surface area contributed by atoms with Crippen LogP contribution in [0, 0.1) is 5.95 Å². The largest absolute Gasteiger partial charge is 0.435 e. The lowest BCUT2D eigenvalue weighted by Gasteiger charge is -2.29. The molecule has 3 rings (SSSR count). The summed E-state index contributed by atoms with van der Waals surface area (Å²) >= 11 is 6.00. The lowest BCUT2D eigenvalue weighted by atomic mass is 9.87. The van der Waals surface area contributed by atoms with Crippen LogP contribution in [-0.4, -0.2) is 16.9 Å². The van der Waals surface area contributed by atoms with E-state index in [0.717, 1.165) is 18.3 Å². The molecule has 1 aliphatic heterocycles. The molecule has 1 aliphatic rings. The van der Waals surface area contributed by atoms with E-state index >= 15 is 0 Å². The maximum absolute atomic E-state index is 13.6. The summed E-state index contributed by atoms with van der Waals surface area (Å²) in [7, 11) is 0. The minimum atomic E-state index is -4.76. The first kappa shape index (κ1) is 15.7.